The van der Waals surface area contributed by atoms with Gasteiger partial charge in [0.2, 0.25) is 5.91 Å². The van der Waals surface area contributed by atoms with Crippen molar-refractivity contribution in [1.29, 1.82) is 0 Å². The minimum Gasteiger partial charge on any atom is -0.368 e. The van der Waals surface area contributed by atoms with E-state index in [2.05, 4.69) is 37.2 Å². The van der Waals surface area contributed by atoms with Crippen LogP contribution in [0.2, 0.25) is 0 Å². The zero-order valence-electron chi connectivity index (χ0n) is 12.7. The van der Waals surface area contributed by atoms with E-state index in [4.69, 9.17) is 5.73 Å². The van der Waals surface area contributed by atoms with Gasteiger partial charge in [-0.2, -0.15) is 0 Å². The van der Waals surface area contributed by atoms with Gasteiger partial charge in [0.05, 0.1) is 4.92 Å². The number of nitro benzene ring substituents is 1. The number of nitrogens with zero attached hydrogens (tertiary/aromatic N) is 1. The predicted molar refractivity (Wildman–Crippen MR) is 99.1 cm³/mol. The quantitative estimate of drug-likeness (QED) is 0.498. The third kappa shape index (κ3) is 5.36. The fourth-order valence-corrected chi connectivity index (χ4v) is 3.43. The molecule has 0 radical (unpaired) electrons. The van der Waals surface area contributed by atoms with Crippen molar-refractivity contribution in [2.75, 3.05) is 0 Å². The van der Waals surface area contributed by atoms with Gasteiger partial charge in [-0.05, 0) is 23.8 Å². The van der Waals surface area contributed by atoms with Gasteiger partial charge in [0.1, 0.15) is 6.04 Å². The van der Waals surface area contributed by atoms with Gasteiger partial charge in [-0.1, -0.05) is 44.0 Å². The molecule has 0 fully saturated rings. The lowest BCUT2D eigenvalue weighted by Crippen LogP contribution is -2.45. The van der Waals surface area contributed by atoms with E-state index in [0.29, 0.717) is 20.1 Å². The summed E-state index contributed by atoms with van der Waals surface area (Å²) in [5.74, 6) is -1.14. The largest absolute Gasteiger partial charge is 0.368 e. The minimum atomic E-state index is -0.938. The highest BCUT2D eigenvalue weighted by Crippen LogP contribution is 2.20. The molecule has 0 unspecified atom stereocenters. The molecular formula is C16H13Br2N3O4. The van der Waals surface area contributed by atoms with E-state index >= 15 is 0 Å². The number of primary amides is 1. The van der Waals surface area contributed by atoms with E-state index in [1.165, 1.54) is 24.3 Å². The summed E-state index contributed by atoms with van der Waals surface area (Å²) >= 11 is 6.58. The molecule has 0 aliphatic heterocycles. The van der Waals surface area contributed by atoms with E-state index in [9.17, 15) is 19.7 Å². The van der Waals surface area contributed by atoms with Crippen LogP contribution in [0.15, 0.2) is 51.4 Å². The fraction of sp³-hybridized carbons (Fsp3) is 0.125. The number of halogens is 2. The van der Waals surface area contributed by atoms with Crippen molar-refractivity contribution in [2.45, 2.75) is 12.5 Å². The van der Waals surface area contributed by atoms with E-state index in [1.54, 1.807) is 18.2 Å². The average molecular weight is 471 g/mol. The molecule has 0 aliphatic carbocycles. The first-order valence-electron chi connectivity index (χ1n) is 7.06. The molecule has 2 aromatic rings. The molecule has 2 amide bonds. The van der Waals surface area contributed by atoms with Crippen LogP contribution in [0.4, 0.5) is 5.69 Å². The maximum absolute atomic E-state index is 12.3. The Balaban J connectivity index is 2.13. The maximum Gasteiger partial charge on any atom is 0.269 e. The zero-order valence-corrected chi connectivity index (χ0v) is 15.9. The molecule has 130 valence electrons. The van der Waals surface area contributed by atoms with Gasteiger partial charge in [-0.15, -0.1) is 0 Å². The molecule has 2 rings (SSSR count). The van der Waals surface area contributed by atoms with E-state index in [1.807, 2.05) is 0 Å². The van der Waals surface area contributed by atoms with Gasteiger partial charge < -0.3 is 11.1 Å². The van der Waals surface area contributed by atoms with Crippen LogP contribution in [0.5, 0.6) is 0 Å². The number of carbonyl (C=O) groups excluding carboxylic acids is 2. The Labute approximate surface area is 160 Å². The molecule has 7 nitrogen and oxygen atoms in total. The Bertz CT molecular complexity index is 804. The van der Waals surface area contributed by atoms with Crippen LogP contribution in [-0.4, -0.2) is 22.8 Å². The smallest absolute Gasteiger partial charge is 0.269 e. The maximum atomic E-state index is 12.3. The first-order chi connectivity index (χ1) is 11.8. The van der Waals surface area contributed by atoms with Gasteiger partial charge in [-0.25, -0.2) is 0 Å². The molecule has 25 heavy (non-hydrogen) atoms. The van der Waals surface area contributed by atoms with Gasteiger partial charge in [0.25, 0.3) is 11.6 Å². The summed E-state index contributed by atoms with van der Waals surface area (Å²) in [7, 11) is 0. The first-order valence-corrected chi connectivity index (χ1v) is 8.64. The van der Waals surface area contributed by atoms with Crippen LogP contribution < -0.4 is 11.1 Å². The third-order valence-corrected chi connectivity index (χ3v) is 4.28. The molecule has 2 aromatic carbocycles. The number of rotatable bonds is 6. The van der Waals surface area contributed by atoms with Gasteiger partial charge in [-0.3, -0.25) is 19.7 Å². The molecule has 0 bridgehead atoms. The Morgan fingerprint density at radius 3 is 2.16 bits per heavy atom. The number of non-ortho nitro benzene ring substituents is 1. The van der Waals surface area contributed by atoms with Crippen molar-refractivity contribution in [3.8, 4) is 0 Å². The molecule has 0 aromatic heterocycles. The predicted octanol–water partition coefficient (Wildman–Crippen LogP) is 2.95. The Kier molecular flexibility index (Phi) is 6.27. The van der Waals surface area contributed by atoms with Gasteiger partial charge in [0, 0.05) is 33.1 Å². The highest BCUT2D eigenvalue weighted by molar-refractivity contribution is 9.11. The zero-order chi connectivity index (χ0) is 18.6. The number of hydrogen-bond acceptors (Lipinski definition) is 4. The summed E-state index contributed by atoms with van der Waals surface area (Å²) < 4.78 is 1.41. The molecular weight excluding hydrogens is 458 g/mol. The number of carbonyl (C=O) groups is 2. The SMILES string of the molecule is NC(=O)[C@@H](Cc1ccc([N+](=O)[O-])cc1)NC(=O)c1cc(Br)cc(Br)c1. The van der Waals surface area contributed by atoms with Crippen LogP contribution in [-0.2, 0) is 11.2 Å². The summed E-state index contributed by atoms with van der Waals surface area (Å²) in [5.41, 5.74) is 6.32. The van der Waals surface area contributed by atoms with Crippen LogP contribution in [0, 0.1) is 10.1 Å². The highest BCUT2D eigenvalue weighted by atomic mass is 79.9. The van der Waals surface area contributed by atoms with Crippen LogP contribution >= 0.6 is 31.9 Å². The minimum absolute atomic E-state index is 0.0533. The molecule has 0 heterocycles. The molecule has 1 atom stereocenters. The van der Waals surface area contributed by atoms with E-state index in [-0.39, 0.29) is 12.1 Å². The Morgan fingerprint density at radius 2 is 1.68 bits per heavy atom. The van der Waals surface area contributed by atoms with Crippen molar-refractivity contribution >= 4 is 49.4 Å². The lowest BCUT2D eigenvalue weighted by Gasteiger charge is -2.16. The number of hydrogen-bond donors (Lipinski definition) is 2. The third-order valence-electron chi connectivity index (χ3n) is 3.36. The normalized spacial score (nSPS) is 11.6. The van der Waals surface area contributed by atoms with Crippen LogP contribution in [0.3, 0.4) is 0 Å². The molecule has 0 aliphatic rings. The summed E-state index contributed by atoms with van der Waals surface area (Å²) in [5, 5.41) is 13.3. The molecule has 9 heteroatoms. The second-order valence-corrected chi connectivity index (χ2v) is 7.05. The molecule has 0 saturated carbocycles. The van der Waals surface area contributed by atoms with E-state index < -0.39 is 22.8 Å². The summed E-state index contributed by atoms with van der Waals surface area (Å²) in [6, 6.07) is 9.78. The van der Waals surface area contributed by atoms with Crippen LogP contribution in [0.25, 0.3) is 0 Å². The number of nitrogens with one attached hydrogen (secondary N) is 1. The molecule has 3 N–H and O–H groups in total. The fourth-order valence-electron chi connectivity index (χ4n) is 2.14. The van der Waals surface area contributed by atoms with Crippen molar-refractivity contribution in [1.82, 2.24) is 5.32 Å². The summed E-state index contributed by atoms with van der Waals surface area (Å²) in [4.78, 5) is 34.2. The van der Waals surface area contributed by atoms with Crippen molar-refractivity contribution in [2.24, 2.45) is 5.73 Å². The topological polar surface area (TPSA) is 115 Å². The first kappa shape index (κ1) is 19.1. The monoisotopic (exact) mass is 469 g/mol. The molecule has 0 spiro atoms. The average Bonchev–Trinajstić information content (AvgIpc) is 2.53. The number of nitrogens with two attached hydrogens (primary N) is 1. The van der Waals surface area contributed by atoms with Gasteiger partial charge >= 0.3 is 0 Å². The number of benzene rings is 2. The lowest BCUT2D eigenvalue weighted by atomic mass is 10.0. The van der Waals surface area contributed by atoms with Crippen molar-refractivity contribution < 1.29 is 14.5 Å². The lowest BCUT2D eigenvalue weighted by molar-refractivity contribution is -0.384. The number of amides is 2. The Hall–Kier alpha value is -2.26. The molecule has 0 saturated heterocycles. The highest BCUT2D eigenvalue weighted by Gasteiger charge is 2.20. The second kappa shape index (κ2) is 8.21. The Morgan fingerprint density at radius 1 is 1.12 bits per heavy atom. The standard InChI is InChI=1S/C16H13Br2N3O4/c17-11-6-10(7-12(18)8-11)16(23)20-14(15(19)22)5-9-1-3-13(4-2-9)21(24)25/h1-4,6-8,14H,5H2,(H2,19,22)(H,20,23)/t14-/m1/s1. The van der Waals surface area contributed by atoms with Crippen molar-refractivity contribution in [3.05, 3.63) is 72.7 Å². The second-order valence-electron chi connectivity index (χ2n) is 5.21. The van der Waals surface area contributed by atoms with Gasteiger partial charge in [0.15, 0.2) is 0 Å². The van der Waals surface area contributed by atoms with Crippen molar-refractivity contribution in [3.63, 3.8) is 0 Å². The van der Waals surface area contributed by atoms with Crippen LogP contribution in [0.1, 0.15) is 15.9 Å². The van der Waals surface area contributed by atoms with E-state index in [0.717, 1.165) is 0 Å². The summed E-state index contributed by atoms with van der Waals surface area (Å²) in [6.07, 6.45) is 0.133. The number of nitro groups is 1. The summed E-state index contributed by atoms with van der Waals surface area (Å²) in [6.45, 7) is 0.